The molecule has 0 bridgehead atoms. The highest BCUT2D eigenvalue weighted by atomic mass is 16.4. The van der Waals surface area contributed by atoms with Crippen LogP contribution in [0.3, 0.4) is 0 Å². The van der Waals surface area contributed by atoms with E-state index >= 15 is 0 Å². The number of nitrogens with zero attached hydrogens (tertiary/aromatic N) is 1. The van der Waals surface area contributed by atoms with Gasteiger partial charge in [-0.2, -0.15) is 0 Å². The Morgan fingerprint density at radius 2 is 2.17 bits per heavy atom. The summed E-state index contributed by atoms with van der Waals surface area (Å²) in [6.07, 6.45) is 0.719. The summed E-state index contributed by atoms with van der Waals surface area (Å²) >= 11 is 0. The first-order valence-electron chi connectivity index (χ1n) is 4.09. The number of amides is 1. The third-order valence-electron chi connectivity index (χ3n) is 2.27. The number of Topliss-reactive ketones (excluding diaryl/α,β-unsaturated/α-hetero) is 1. The molecule has 4 nitrogen and oxygen atoms in total. The molecule has 1 aliphatic heterocycles. The lowest BCUT2D eigenvalue weighted by Gasteiger charge is -2.28. The Morgan fingerprint density at radius 1 is 1.50 bits per heavy atom. The van der Waals surface area contributed by atoms with Gasteiger partial charge in [-0.05, 0) is 19.8 Å². The molecule has 0 saturated carbocycles. The Bertz CT molecular complexity index is 182. The van der Waals surface area contributed by atoms with E-state index in [4.69, 9.17) is 5.11 Å². The number of carbonyl (C=O) groups excluding carboxylic acids is 1. The zero-order valence-corrected chi connectivity index (χ0v) is 7.12. The number of carbonyl (C=O) groups is 2. The molecule has 12 heavy (non-hydrogen) atoms. The highest BCUT2D eigenvalue weighted by Gasteiger charge is 2.25. The normalized spacial score (nSPS) is 23.8. The molecule has 1 aliphatic rings. The maximum Gasteiger partial charge on any atom is 0.407 e. The Morgan fingerprint density at radius 3 is 2.67 bits per heavy atom. The van der Waals surface area contributed by atoms with Gasteiger partial charge in [-0.1, -0.05) is 0 Å². The predicted octanol–water partition coefficient (Wildman–Crippen LogP) is 0.965. The van der Waals surface area contributed by atoms with Crippen LogP contribution >= 0.6 is 0 Å². The molecule has 0 aliphatic carbocycles. The van der Waals surface area contributed by atoms with Gasteiger partial charge in [0.2, 0.25) is 0 Å². The van der Waals surface area contributed by atoms with Crippen LogP contribution in [0.2, 0.25) is 0 Å². The smallest absolute Gasteiger partial charge is 0.407 e. The van der Waals surface area contributed by atoms with E-state index < -0.39 is 6.09 Å². The van der Waals surface area contributed by atoms with Crippen molar-refractivity contribution < 1.29 is 14.7 Å². The van der Waals surface area contributed by atoms with E-state index in [1.54, 1.807) is 0 Å². The Kier molecular flexibility index (Phi) is 2.68. The van der Waals surface area contributed by atoms with E-state index in [1.807, 2.05) is 0 Å². The van der Waals surface area contributed by atoms with Crippen molar-refractivity contribution >= 4 is 11.9 Å². The van der Waals surface area contributed by atoms with Crippen molar-refractivity contribution in [2.75, 3.05) is 13.1 Å². The summed E-state index contributed by atoms with van der Waals surface area (Å²) in [6.45, 7) is 2.47. The second-order valence-electron chi connectivity index (χ2n) is 3.18. The number of hydrogen-bond acceptors (Lipinski definition) is 2. The minimum absolute atomic E-state index is 0.0742. The molecule has 1 N–H and O–H groups in total. The van der Waals surface area contributed by atoms with Gasteiger partial charge in [0.15, 0.2) is 0 Å². The first-order chi connectivity index (χ1) is 5.61. The van der Waals surface area contributed by atoms with Crippen molar-refractivity contribution in [3.05, 3.63) is 0 Å². The second-order valence-corrected chi connectivity index (χ2v) is 3.18. The van der Waals surface area contributed by atoms with Crippen LogP contribution in [0.1, 0.15) is 19.8 Å². The quantitative estimate of drug-likeness (QED) is 0.639. The molecule has 1 fully saturated rings. The number of piperidine rings is 1. The second kappa shape index (κ2) is 3.56. The van der Waals surface area contributed by atoms with Crippen LogP contribution in [0.25, 0.3) is 0 Å². The first-order valence-corrected chi connectivity index (χ1v) is 4.09. The summed E-state index contributed by atoms with van der Waals surface area (Å²) in [6, 6.07) is 0. The summed E-state index contributed by atoms with van der Waals surface area (Å²) < 4.78 is 0. The Balaban J connectivity index is 2.51. The highest BCUT2D eigenvalue weighted by molar-refractivity contribution is 5.79. The van der Waals surface area contributed by atoms with E-state index in [2.05, 4.69) is 0 Å². The van der Waals surface area contributed by atoms with E-state index in [0.29, 0.717) is 13.1 Å². The zero-order chi connectivity index (χ0) is 9.14. The van der Waals surface area contributed by atoms with Gasteiger partial charge in [0.05, 0.1) is 0 Å². The molecular weight excluding hydrogens is 158 g/mol. The summed E-state index contributed by atoms with van der Waals surface area (Å²) in [5.41, 5.74) is 0. The zero-order valence-electron chi connectivity index (χ0n) is 7.12. The molecule has 4 heteroatoms. The fourth-order valence-corrected chi connectivity index (χ4v) is 1.48. The molecule has 68 valence electrons. The fraction of sp³-hybridized carbons (Fsp3) is 0.750. The standard InChI is InChI=1S/C8H13NO3/c1-6(10)7-3-2-4-9(5-7)8(11)12/h7H,2-5H2,1H3,(H,11,12). The van der Waals surface area contributed by atoms with Gasteiger partial charge in [-0.3, -0.25) is 4.79 Å². The SMILES string of the molecule is CC(=O)C1CCCN(C(=O)O)C1. The molecule has 0 radical (unpaired) electrons. The van der Waals surface area contributed by atoms with Gasteiger partial charge in [0, 0.05) is 19.0 Å². The largest absolute Gasteiger partial charge is 0.465 e. The lowest BCUT2D eigenvalue weighted by Crippen LogP contribution is -2.41. The molecule has 0 aromatic rings. The molecule has 0 aromatic heterocycles. The molecule has 0 aromatic carbocycles. The van der Waals surface area contributed by atoms with Gasteiger partial charge in [-0.15, -0.1) is 0 Å². The van der Waals surface area contributed by atoms with Gasteiger partial charge in [0.25, 0.3) is 0 Å². The highest BCUT2D eigenvalue weighted by Crippen LogP contribution is 2.16. The Hall–Kier alpha value is -1.06. The van der Waals surface area contributed by atoms with Gasteiger partial charge >= 0.3 is 6.09 Å². The molecule has 1 saturated heterocycles. The van der Waals surface area contributed by atoms with Crippen molar-refractivity contribution in [2.45, 2.75) is 19.8 Å². The van der Waals surface area contributed by atoms with Gasteiger partial charge < -0.3 is 10.0 Å². The topological polar surface area (TPSA) is 57.6 Å². The van der Waals surface area contributed by atoms with Crippen LogP contribution in [0.15, 0.2) is 0 Å². The van der Waals surface area contributed by atoms with E-state index in [0.717, 1.165) is 12.8 Å². The minimum atomic E-state index is -0.916. The van der Waals surface area contributed by atoms with Crippen LogP contribution < -0.4 is 0 Å². The van der Waals surface area contributed by atoms with E-state index in [9.17, 15) is 9.59 Å². The van der Waals surface area contributed by atoms with Crippen molar-refractivity contribution in [2.24, 2.45) is 5.92 Å². The van der Waals surface area contributed by atoms with E-state index in [1.165, 1.54) is 11.8 Å². The average Bonchev–Trinajstić information content (AvgIpc) is 2.04. The molecule has 1 atom stereocenters. The van der Waals surface area contributed by atoms with Gasteiger partial charge in [-0.25, -0.2) is 4.79 Å². The molecule has 1 heterocycles. The Labute approximate surface area is 71.2 Å². The van der Waals surface area contributed by atoms with Crippen molar-refractivity contribution in [1.29, 1.82) is 0 Å². The molecule has 1 rings (SSSR count). The fourth-order valence-electron chi connectivity index (χ4n) is 1.48. The number of likely N-dealkylation sites (tertiary alicyclic amines) is 1. The third kappa shape index (κ3) is 1.96. The summed E-state index contributed by atoms with van der Waals surface area (Å²) in [5.74, 6) is 0.0239. The van der Waals surface area contributed by atoms with E-state index in [-0.39, 0.29) is 11.7 Å². The number of ketones is 1. The number of rotatable bonds is 1. The first kappa shape index (κ1) is 9.03. The molecule has 0 spiro atoms. The van der Waals surface area contributed by atoms with Crippen LogP contribution in [-0.2, 0) is 4.79 Å². The minimum Gasteiger partial charge on any atom is -0.465 e. The summed E-state index contributed by atoms with van der Waals surface area (Å²) in [7, 11) is 0. The van der Waals surface area contributed by atoms with Crippen LogP contribution in [0.4, 0.5) is 4.79 Å². The molecular formula is C8H13NO3. The van der Waals surface area contributed by atoms with Crippen LogP contribution in [-0.4, -0.2) is 35.0 Å². The van der Waals surface area contributed by atoms with Crippen molar-refractivity contribution in [1.82, 2.24) is 4.90 Å². The van der Waals surface area contributed by atoms with Gasteiger partial charge in [0.1, 0.15) is 5.78 Å². The third-order valence-corrected chi connectivity index (χ3v) is 2.27. The van der Waals surface area contributed by atoms with Crippen LogP contribution in [0, 0.1) is 5.92 Å². The lowest BCUT2D eigenvalue weighted by atomic mass is 9.95. The monoisotopic (exact) mass is 171 g/mol. The summed E-state index contributed by atoms with van der Waals surface area (Å²) in [5, 5.41) is 8.65. The summed E-state index contributed by atoms with van der Waals surface area (Å²) in [4.78, 5) is 22.8. The maximum atomic E-state index is 10.9. The predicted molar refractivity (Wildman–Crippen MR) is 43.0 cm³/mol. The molecule has 1 amide bonds. The average molecular weight is 171 g/mol. The van der Waals surface area contributed by atoms with Crippen LogP contribution in [0.5, 0.6) is 0 Å². The van der Waals surface area contributed by atoms with Crippen molar-refractivity contribution in [3.8, 4) is 0 Å². The number of hydrogen-bond donors (Lipinski definition) is 1. The van der Waals surface area contributed by atoms with Crippen molar-refractivity contribution in [3.63, 3.8) is 0 Å². The number of carboxylic acid groups (broad SMARTS) is 1. The lowest BCUT2D eigenvalue weighted by molar-refractivity contribution is -0.122. The maximum absolute atomic E-state index is 10.9. The molecule has 1 unspecified atom stereocenters.